The molecule has 6 nitrogen and oxygen atoms in total. The maximum atomic E-state index is 5.03. The second-order valence-electron chi connectivity index (χ2n) is 3.06. The summed E-state index contributed by atoms with van der Waals surface area (Å²) in [5.74, 6) is 1.36. The van der Waals surface area contributed by atoms with Gasteiger partial charge in [0, 0.05) is 6.07 Å². The third-order valence-corrected chi connectivity index (χ3v) is 2.01. The second-order valence-corrected chi connectivity index (χ2v) is 3.06. The fourth-order valence-electron chi connectivity index (χ4n) is 1.21. The normalized spacial score (nSPS) is 10.3. The maximum Gasteiger partial charge on any atom is 0.213 e. The van der Waals surface area contributed by atoms with Crippen LogP contribution < -0.4 is 4.74 Å². The molecule has 0 saturated carbocycles. The van der Waals surface area contributed by atoms with E-state index in [1.807, 2.05) is 19.1 Å². The molecule has 0 aromatic carbocycles. The molecule has 0 unspecified atom stereocenters. The van der Waals surface area contributed by atoms with Crippen LogP contribution in [-0.4, -0.2) is 32.3 Å². The number of aryl methyl sites for hydroxylation is 1. The van der Waals surface area contributed by atoms with E-state index in [0.29, 0.717) is 12.4 Å². The summed E-state index contributed by atoms with van der Waals surface area (Å²) in [5, 5.41) is 11.2. The number of hydrogen-bond acceptors (Lipinski definition) is 5. The smallest absolute Gasteiger partial charge is 0.213 e. The lowest BCUT2D eigenvalue weighted by atomic mass is 10.3. The van der Waals surface area contributed by atoms with E-state index in [0.717, 1.165) is 11.5 Å². The van der Waals surface area contributed by atoms with Crippen LogP contribution >= 0.6 is 0 Å². The van der Waals surface area contributed by atoms with Crippen molar-refractivity contribution in [2.45, 2.75) is 13.5 Å². The second kappa shape index (κ2) is 4.04. The molecule has 0 saturated heterocycles. The Kier molecular flexibility index (Phi) is 2.57. The number of pyridine rings is 1. The fourth-order valence-corrected chi connectivity index (χ4v) is 1.21. The molecule has 2 rings (SSSR count). The van der Waals surface area contributed by atoms with Crippen molar-refractivity contribution in [3.05, 3.63) is 29.7 Å². The molecule has 0 aliphatic carbocycles. The maximum absolute atomic E-state index is 5.03. The largest absolute Gasteiger partial charge is 0.481 e. The van der Waals surface area contributed by atoms with E-state index < -0.39 is 0 Å². The van der Waals surface area contributed by atoms with E-state index in [4.69, 9.17) is 4.74 Å². The van der Waals surface area contributed by atoms with Gasteiger partial charge in [0.1, 0.15) is 5.82 Å². The first-order chi connectivity index (χ1) is 7.29. The Hall–Kier alpha value is -1.98. The Labute approximate surface area is 86.9 Å². The van der Waals surface area contributed by atoms with Crippen LogP contribution in [0.1, 0.15) is 11.5 Å². The number of tetrazole rings is 1. The number of methoxy groups -OCH3 is 1. The minimum absolute atomic E-state index is 0.552. The Morgan fingerprint density at radius 1 is 1.40 bits per heavy atom. The highest BCUT2D eigenvalue weighted by Crippen LogP contribution is 2.07. The average Bonchev–Trinajstić information content (AvgIpc) is 2.65. The lowest BCUT2D eigenvalue weighted by molar-refractivity contribution is 0.395. The first-order valence-corrected chi connectivity index (χ1v) is 4.52. The third-order valence-electron chi connectivity index (χ3n) is 2.01. The van der Waals surface area contributed by atoms with Crippen LogP contribution in [-0.2, 0) is 6.54 Å². The Bertz CT molecular complexity index is 453. The highest BCUT2D eigenvalue weighted by atomic mass is 16.5. The SMILES string of the molecule is COc1cccc(Cn2nnnc2C)n1. The monoisotopic (exact) mass is 205 g/mol. The molecule has 0 aliphatic heterocycles. The van der Waals surface area contributed by atoms with E-state index in [2.05, 4.69) is 20.5 Å². The van der Waals surface area contributed by atoms with Gasteiger partial charge in [0.25, 0.3) is 0 Å². The van der Waals surface area contributed by atoms with Gasteiger partial charge >= 0.3 is 0 Å². The lowest BCUT2D eigenvalue weighted by Gasteiger charge is -2.03. The van der Waals surface area contributed by atoms with E-state index in [9.17, 15) is 0 Å². The molecule has 0 N–H and O–H groups in total. The zero-order valence-electron chi connectivity index (χ0n) is 8.58. The molecular weight excluding hydrogens is 194 g/mol. The van der Waals surface area contributed by atoms with Gasteiger partial charge in [0.05, 0.1) is 19.3 Å². The summed E-state index contributed by atoms with van der Waals surface area (Å²) in [6, 6.07) is 5.60. The van der Waals surface area contributed by atoms with Gasteiger partial charge in [-0.15, -0.1) is 5.10 Å². The van der Waals surface area contributed by atoms with Gasteiger partial charge in [-0.05, 0) is 23.4 Å². The summed E-state index contributed by atoms with van der Waals surface area (Å²) in [6.45, 7) is 2.40. The van der Waals surface area contributed by atoms with Crippen LogP contribution in [0.15, 0.2) is 18.2 Å². The van der Waals surface area contributed by atoms with E-state index >= 15 is 0 Å². The number of ether oxygens (including phenoxy) is 1. The van der Waals surface area contributed by atoms with E-state index in [1.165, 1.54) is 0 Å². The molecule has 0 fully saturated rings. The number of hydrogen-bond donors (Lipinski definition) is 0. The van der Waals surface area contributed by atoms with Crippen LogP contribution in [0.2, 0.25) is 0 Å². The van der Waals surface area contributed by atoms with Gasteiger partial charge in [-0.2, -0.15) is 0 Å². The molecular formula is C9H11N5O. The molecule has 15 heavy (non-hydrogen) atoms. The van der Waals surface area contributed by atoms with Crippen molar-refractivity contribution < 1.29 is 4.74 Å². The molecule has 2 aromatic rings. The zero-order valence-corrected chi connectivity index (χ0v) is 8.58. The molecule has 0 aliphatic rings. The standard InChI is InChI=1S/C9H11N5O/c1-7-11-12-13-14(7)6-8-4-3-5-9(10-8)15-2/h3-5H,6H2,1-2H3. The summed E-state index contributed by atoms with van der Waals surface area (Å²) in [5.41, 5.74) is 0.866. The van der Waals surface area contributed by atoms with Crippen molar-refractivity contribution in [3.8, 4) is 5.88 Å². The topological polar surface area (TPSA) is 65.7 Å². The molecule has 6 heteroatoms. The first-order valence-electron chi connectivity index (χ1n) is 4.52. The minimum Gasteiger partial charge on any atom is -0.481 e. The van der Waals surface area contributed by atoms with Crippen LogP contribution in [0.4, 0.5) is 0 Å². The van der Waals surface area contributed by atoms with E-state index in [1.54, 1.807) is 17.9 Å². The predicted molar refractivity (Wildman–Crippen MR) is 52.4 cm³/mol. The third kappa shape index (κ3) is 2.09. The first kappa shape index (κ1) is 9.57. The van der Waals surface area contributed by atoms with Gasteiger partial charge < -0.3 is 4.74 Å². The van der Waals surface area contributed by atoms with Crippen molar-refractivity contribution in [2.24, 2.45) is 0 Å². The molecule has 0 atom stereocenters. The summed E-state index contributed by atoms with van der Waals surface area (Å²) < 4.78 is 6.71. The molecule has 2 aromatic heterocycles. The van der Waals surface area contributed by atoms with Gasteiger partial charge in [0.15, 0.2) is 0 Å². The highest BCUT2D eigenvalue weighted by molar-refractivity contribution is 5.15. The van der Waals surface area contributed by atoms with Gasteiger partial charge in [-0.1, -0.05) is 6.07 Å². The Morgan fingerprint density at radius 3 is 2.93 bits per heavy atom. The summed E-state index contributed by atoms with van der Waals surface area (Å²) in [7, 11) is 1.59. The van der Waals surface area contributed by atoms with Crippen molar-refractivity contribution in [3.63, 3.8) is 0 Å². The quantitative estimate of drug-likeness (QED) is 0.727. The molecule has 0 radical (unpaired) electrons. The van der Waals surface area contributed by atoms with Gasteiger partial charge in [0.2, 0.25) is 5.88 Å². The molecule has 78 valence electrons. The fraction of sp³-hybridized carbons (Fsp3) is 0.333. The molecule has 0 amide bonds. The van der Waals surface area contributed by atoms with Crippen LogP contribution in [0.5, 0.6) is 5.88 Å². The van der Waals surface area contributed by atoms with Crippen molar-refractivity contribution >= 4 is 0 Å². The van der Waals surface area contributed by atoms with Crippen LogP contribution in [0.3, 0.4) is 0 Å². The Balaban J connectivity index is 2.21. The Morgan fingerprint density at radius 2 is 2.27 bits per heavy atom. The van der Waals surface area contributed by atoms with Gasteiger partial charge in [-0.25, -0.2) is 9.67 Å². The minimum atomic E-state index is 0.552. The summed E-state index contributed by atoms with van der Waals surface area (Å²) in [6.07, 6.45) is 0. The molecule has 2 heterocycles. The number of rotatable bonds is 3. The molecule has 0 spiro atoms. The van der Waals surface area contributed by atoms with Crippen molar-refractivity contribution in [2.75, 3.05) is 7.11 Å². The van der Waals surface area contributed by atoms with Crippen LogP contribution in [0.25, 0.3) is 0 Å². The van der Waals surface area contributed by atoms with Gasteiger partial charge in [-0.3, -0.25) is 0 Å². The van der Waals surface area contributed by atoms with Crippen LogP contribution in [0, 0.1) is 6.92 Å². The van der Waals surface area contributed by atoms with Crippen molar-refractivity contribution in [1.29, 1.82) is 0 Å². The van der Waals surface area contributed by atoms with Crippen molar-refractivity contribution in [1.82, 2.24) is 25.2 Å². The number of aromatic nitrogens is 5. The zero-order chi connectivity index (χ0) is 10.7. The average molecular weight is 205 g/mol. The summed E-state index contributed by atoms with van der Waals surface area (Å²) in [4.78, 5) is 4.27. The number of nitrogens with zero attached hydrogens (tertiary/aromatic N) is 5. The van der Waals surface area contributed by atoms with E-state index in [-0.39, 0.29) is 0 Å². The highest BCUT2D eigenvalue weighted by Gasteiger charge is 2.03. The summed E-state index contributed by atoms with van der Waals surface area (Å²) >= 11 is 0. The molecule has 0 bridgehead atoms. The predicted octanol–water partition coefficient (Wildman–Crippen LogP) is 0.433. The lowest BCUT2D eigenvalue weighted by Crippen LogP contribution is -2.06.